The van der Waals surface area contributed by atoms with Gasteiger partial charge in [0, 0.05) is 87.1 Å². The average Bonchev–Trinajstić information content (AvgIpc) is 3.74. The van der Waals surface area contributed by atoms with E-state index in [1.54, 1.807) is 25.4 Å². The van der Waals surface area contributed by atoms with Crippen LogP contribution in [0.2, 0.25) is 10.0 Å². The average molecular weight is 775 g/mol. The van der Waals surface area contributed by atoms with E-state index in [2.05, 4.69) is 25.8 Å². The molecule has 1 saturated carbocycles. The molecule has 2 aromatic carbocycles. The molecule has 54 heavy (non-hydrogen) atoms. The zero-order valence-corrected chi connectivity index (χ0v) is 32.0. The van der Waals surface area contributed by atoms with Crippen molar-refractivity contribution < 1.29 is 24.2 Å². The van der Waals surface area contributed by atoms with Crippen molar-refractivity contribution in [2.75, 3.05) is 32.1 Å². The Hall–Kier alpha value is -4.49. The van der Waals surface area contributed by atoms with Crippen molar-refractivity contribution in [2.45, 2.75) is 64.1 Å². The molecule has 14 heteroatoms. The fourth-order valence-electron chi connectivity index (χ4n) is 7.97. The van der Waals surface area contributed by atoms with Gasteiger partial charge in [-0.25, -0.2) is 4.98 Å². The number of nitrogens with zero attached hydrogens (tertiary/aromatic N) is 4. The zero-order valence-electron chi connectivity index (χ0n) is 30.5. The van der Waals surface area contributed by atoms with Crippen molar-refractivity contribution in [1.82, 2.24) is 30.1 Å². The number of halogens is 2. The van der Waals surface area contributed by atoms with Crippen LogP contribution in [0.25, 0.3) is 22.4 Å². The number of anilines is 1. The van der Waals surface area contributed by atoms with Crippen molar-refractivity contribution in [1.29, 1.82) is 0 Å². The van der Waals surface area contributed by atoms with E-state index in [0.29, 0.717) is 76.1 Å². The third-order valence-corrected chi connectivity index (χ3v) is 11.8. The third-order valence-electron chi connectivity index (χ3n) is 11.0. The van der Waals surface area contributed by atoms with Crippen molar-refractivity contribution in [2.24, 2.45) is 18.9 Å². The van der Waals surface area contributed by atoms with E-state index >= 15 is 0 Å². The number of carboxylic acid groups (broad SMARTS) is 1. The summed E-state index contributed by atoms with van der Waals surface area (Å²) in [6.07, 6.45) is 7.14. The molecule has 12 nitrogen and oxygen atoms in total. The molecule has 4 heterocycles. The Kier molecular flexibility index (Phi) is 11.5. The third kappa shape index (κ3) is 8.12. The number of fused-ring (bicyclic) bond motifs is 1. The largest absolute Gasteiger partial charge is 0.496 e. The lowest BCUT2D eigenvalue weighted by molar-refractivity contribution is -0.143. The molecule has 2 aliphatic heterocycles. The lowest BCUT2D eigenvalue weighted by Crippen LogP contribution is -2.37. The maximum absolute atomic E-state index is 13.7. The summed E-state index contributed by atoms with van der Waals surface area (Å²) in [7, 11) is 3.49. The minimum absolute atomic E-state index is 0.0929. The Balaban J connectivity index is 1.03. The maximum Gasteiger partial charge on any atom is 0.306 e. The summed E-state index contributed by atoms with van der Waals surface area (Å²) in [6, 6.07) is 13.2. The second kappa shape index (κ2) is 16.5. The van der Waals surface area contributed by atoms with Gasteiger partial charge in [-0.05, 0) is 56.2 Å². The van der Waals surface area contributed by atoms with Gasteiger partial charge in [0.15, 0.2) is 5.82 Å². The first-order valence-corrected chi connectivity index (χ1v) is 19.3. The number of imidazole rings is 1. The Morgan fingerprint density at radius 2 is 1.83 bits per heavy atom. The molecule has 1 atom stereocenters. The summed E-state index contributed by atoms with van der Waals surface area (Å²) in [5.74, 6) is 0.307. The van der Waals surface area contributed by atoms with E-state index in [1.165, 1.54) is 0 Å². The van der Waals surface area contributed by atoms with Crippen LogP contribution in [0.5, 0.6) is 5.75 Å². The molecule has 3 aliphatic rings. The van der Waals surface area contributed by atoms with Crippen LogP contribution in [0.4, 0.5) is 5.69 Å². The minimum atomic E-state index is -0.683. The monoisotopic (exact) mass is 773 g/mol. The van der Waals surface area contributed by atoms with E-state index in [0.717, 1.165) is 74.1 Å². The van der Waals surface area contributed by atoms with Crippen LogP contribution in [-0.4, -0.2) is 75.1 Å². The van der Waals surface area contributed by atoms with Crippen molar-refractivity contribution in [3.05, 3.63) is 81.5 Å². The van der Waals surface area contributed by atoms with Gasteiger partial charge in [-0.3, -0.25) is 24.3 Å². The molecular formula is C40H45Cl2N7O5. The number of carbonyl (C=O) groups is 3. The summed E-state index contributed by atoms with van der Waals surface area (Å²) in [5, 5.41) is 19.5. The van der Waals surface area contributed by atoms with Crippen LogP contribution < -0.4 is 20.7 Å². The summed E-state index contributed by atoms with van der Waals surface area (Å²) >= 11 is 14.0. The number of amides is 2. The normalized spacial score (nSPS) is 20.0. The number of hydrogen-bond donors (Lipinski definition) is 4. The van der Waals surface area contributed by atoms with E-state index in [9.17, 15) is 19.5 Å². The van der Waals surface area contributed by atoms with Crippen LogP contribution >= 0.6 is 23.2 Å². The van der Waals surface area contributed by atoms with Gasteiger partial charge in [-0.15, -0.1) is 0 Å². The number of carboxylic acids is 1. The number of methoxy groups -OCH3 is 1. The quantitative estimate of drug-likeness (QED) is 0.129. The number of pyridine rings is 1. The number of nitrogens with one attached hydrogen (secondary N) is 3. The van der Waals surface area contributed by atoms with Crippen LogP contribution in [0.15, 0.2) is 48.7 Å². The highest BCUT2D eigenvalue weighted by atomic mass is 35.5. The van der Waals surface area contributed by atoms with E-state index in [-0.39, 0.29) is 23.8 Å². The van der Waals surface area contributed by atoms with Gasteiger partial charge in [0.2, 0.25) is 5.91 Å². The number of aromatic nitrogens is 3. The molecular weight excluding hydrogens is 729 g/mol. The first-order chi connectivity index (χ1) is 26.1. The molecule has 0 unspecified atom stereocenters. The summed E-state index contributed by atoms with van der Waals surface area (Å²) in [4.78, 5) is 48.3. The second-order valence-electron chi connectivity index (χ2n) is 14.5. The number of benzene rings is 2. The second-order valence-corrected chi connectivity index (χ2v) is 15.3. The predicted octanol–water partition coefficient (Wildman–Crippen LogP) is 6.33. The van der Waals surface area contributed by atoms with Gasteiger partial charge in [-0.2, -0.15) is 0 Å². The number of aliphatic carboxylic acids is 1. The molecule has 4 N–H and O–H groups in total. The molecule has 0 radical (unpaired) electrons. The number of ether oxygens (including phenoxy) is 1. The summed E-state index contributed by atoms with van der Waals surface area (Å²) < 4.78 is 7.59. The van der Waals surface area contributed by atoms with Gasteiger partial charge < -0.3 is 30.4 Å². The summed E-state index contributed by atoms with van der Waals surface area (Å²) in [5.41, 5.74) is 5.97. The van der Waals surface area contributed by atoms with E-state index in [1.807, 2.05) is 41.9 Å². The maximum atomic E-state index is 13.7. The first kappa shape index (κ1) is 37.8. The van der Waals surface area contributed by atoms with Gasteiger partial charge in [-0.1, -0.05) is 47.5 Å². The zero-order chi connectivity index (χ0) is 37.9. The highest BCUT2D eigenvalue weighted by molar-refractivity contribution is 6.39. The smallest absolute Gasteiger partial charge is 0.306 e. The van der Waals surface area contributed by atoms with Gasteiger partial charge in [0.05, 0.1) is 45.8 Å². The standard InChI is InChI=1S/C40H45Cl2N7O5/c1-48-32-22-49(21-23-6-8-24(9-7-23)40(52)53)17-15-30(32)46-38(48)39(51)47-31-5-3-4-28(35(31)41)29-14-16-44-37(36(29)42)25-10-11-26(33(18-25)54-2)19-43-20-27-12-13-34(50)45-27/h3-5,10-11,14,16,18,23-24,27,43H,6-9,12-13,15,17,19-22H2,1-2H3,(H,45,50)(H,47,51)(H,52,53)/t23-,24+,27-/m0/s1. The Morgan fingerprint density at radius 3 is 2.57 bits per heavy atom. The van der Waals surface area contributed by atoms with Crippen molar-refractivity contribution >= 4 is 46.7 Å². The molecule has 1 aliphatic carbocycles. The van der Waals surface area contributed by atoms with Crippen molar-refractivity contribution in [3.8, 4) is 28.1 Å². The molecule has 284 valence electrons. The minimum Gasteiger partial charge on any atom is -0.496 e. The lowest BCUT2D eigenvalue weighted by atomic mass is 9.81. The lowest BCUT2D eigenvalue weighted by Gasteiger charge is -2.33. The Bertz CT molecular complexity index is 2060. The number of hydrogen-bond acceptors (Lipinski definition) is 8. The molecule has 7 rings (SSSR count). The Labute approximate surface area is 324 Å². The molecule has 4 aromatic rings. The molecule has 1 saturated heterocycles. The van der Waals surface area contributed by atoms with E-state index in [4.69, 9.17) is 32.9 Å². The fraction of sp³-hybridized carbons (Fsp3) is 0.425. The molecule has 2 aromatic heterocycles. The molecule has 0 bridgehead atoms. The first-order valence-electron chi connectivity index (χ1n) is 18.5. The number of rotatable bonds is 12. The van der Waals surface area contributed by atoms with Gasteiger partial charge in [0.1, 0.15) is 5.75 Å². The highest BCUT2D eigenvalue weighted by Crippen LogP contribution is 2.41. The van der Waals surface area contributed by atoms with Gasteiger partial charge in [0.25, 0.3) is 5.91 Å². The highest BCUT2D eigenvalue weighted by Gasteiger charge is 2.30. The Morgan fingerprint density at radius 1 is 1.04 bits per heavy atom. The van der Waals surface area contributed by atoms with Crippen LogP contribution in [-0.2, 0) is 36.1 Å². The fourth-order valence-corrected chi connectivity index (χ4v) is 8.57. The molecule has 0 spiro atoms. The number of carbonyl (C=O) groups excluding carboxylic acids is 2. The van der Waals surface area contributed by atoms with Crippen molar-refractivity contribution in [3.63, 3.8) is 0 Å². The van der Waals surface area contributed by atoms with E-state index < -0.39 is 5.97 Å². The van der Waals surface area contributed by atoms with Crippen LogP contribution in [0.1, 0.15) is 66.1 Å². The molecule has 2 fully saturated rings. The van der Waals surface area contributed by atoms with Crippen LogP contribution in [0.3, 0.4) is 0 Å². The van der Waals surface area contributed by atoms with Crippen LogP contribution in [0, 0.1) is 11.8 Å². The molecule has 2 amide bonds. The topological polar surface area (TPSA) is 151 Å². The SMILES string of the molecule is COc1cc(-c2nccc(-c3cccc(NC(=O)c4nc5c(n4C)CN(C[C@H]4CC[C@@H](C(=O)O)CC4)CC5)c3Cl)c2Cl)ccc1CNC[C@@H]1CCC(=O)N1. The van der Waals surface area contributed by atoms with Gasteiger partial charge >= 0.3 is 5.97 Å². The summed E-state index contributed by atoms with van der Waals surface area (Å²) in [6.45, 7) is 3.71. The predicted molar refractivity (Wildman–Crippen MR) is 208 cm³/mol.